The predicted octanol–water partition coefficient (Wildman–Crippen LogP) is 2.08. The minimum absolute atomic E-state index is 0.0693. The number of nitrogens with zero attached hydrogens (tertiary/aromatic N) is 2. The van der Waals surface area contributed by atoms with Crippen molar-refractivity contribution >= 4 is 17.5 Å². The lowest BCUT2D eigenvalue weighted by molar-refractivity contribution is -0.136. The van der Waals surface area contributed by atoms with Crippen LogP contribution in [0.1, 0.15) is 12.0 Å². The van der Waals surface area contributed by atoms with Crippen molar-refractivity contribution < 1.29 is 9.59 Å². The van der Waals surface area contributed by atoms with Gasteiger partial charge in [-0.05, 0) is 24.1 Å². The first kappa shape index (κ1) is 18.0. The van der Waals surface area contributed by atoms with Crippen LogP contribution in [0.5, 0.6) is 0 Å². The molecule has 0 radical (unpaired) electrons. The van der Waals surface area contributed by atoms with E-state index in [9.17, 15) is 9.59 Å². The Morgan fingerprint density at radius 2 is 1.46 bits per heavy atom. The standard InChI is InChI=1S/C21H25N3O2/c25-20(22-12-11-18-7-3-1-4-8-18)17-21(26)24-15-13-23(14-16-24)19-9-5-2-6-10-19/h1-10H,11-17H2,(H,22,25). The van der Waals surface area contributed by atoms with E-state index in [-0.39, 0.29) is 18.2 Å². The van der Waals surface area contributed by atoms with E-state index >= 15 is 0 Å². The monoisotopic (exact) mass is 351 g/mol. The number of hydrogen-bond donors (Lipinski definition) is 1. The first-order valence-corrected chi connectivity index (χ1v) is 9.11. The third kappa shape index (κ3) is 5.09. The van der Waals surface area contributed by atoms with Crippen LogP contribution in [0.4, 0.5) is 5.69 Å². The maximum Gasteiger partial charge on any atom is 0.232 e. The average Bonchev–Trinajstić information content (AvgIpc) is 2.69. The van der Waals surface area contributed by atoms with Crippen molar-refractivity contribution in [1.82, 2.24) is 10.2 Å². The van der Waals surface area contributed by atoms with Gasteiger partial charge in [-0.1, -0.05) is 48.5 Å². The van der Waals surface area contributed by atoms with E-state index in [1.165, 1.54) is 11.3 Å². The molecule has 0 atom stereocenters. The van der Waals surface area contributed by atoms with Gasteiger partial charge in [0.05, 0.1) is 0 Å². The van der Waals surface area contributed by atoms with Crippen LogP contribution in [0.3, 0.4) is 0 Å². The van der Waals surface area contributed by atoms with Crippen molar-refractivity contribution in [3.8, 4) is 0 Å². The lowest BCUT2D eigenvalue weighted by Gasteiger charge is -2.36. The zero-order valence-corrected chi connectivity index (χ0v) is 14.9. The molecule has 1 heterocycles. The highest BCUT2D eigenvalue weighted by Crippen LogP contribution is 2.15. The van der Waals surface area contributed by atoms with Crippen LogP contribution >= 0.6 is 0 Å². The largest absolute Gasteiger partial charge is 0.368 e. The van der Waals surface area contributed by atoms with Gasteiger partial charge in [0, 0.05) is 38.4 Å². The summed E-state index contributed by atoms with van der Waals surface area (Å²) in [6, 6.07) is 20.2. The fourth-order valence-electron chi connectivity index (χ4n) is 3.16. The number of carbonyl (C=O) groups excluding carboxylic acids is 2. The smallest absolute Gasteiger partial charge is 0.232 e. The Morgan fingerprint density at radius 1 is 0.846 bits per heavy atom. The van der Waals surface area contributed by atoms with E-state index in [4.69, 9.17) is 0 Å². The van der Waals surface area contributed by atoms with Gasteiger partial charge in [-0.15, -0.1) is 0 Å². The minimum Gasteiger partial charge on any atom is -0.368 e. The molecular formula is C21H25N3O2. The van der Waals surface area contributed by atoms with Crippen LogP contribution in [0.25, 0.3) is 0 Å². The molecule has 0 bridgehead atoms. The van der Waals surface area contributed by atoms with E-state index in [0.717, 1.165) is 19.5 Å². The van der Waals surface area contributed by atoms with Crippen LogP contribution in [-0.2, 0) is 16.0 Å². The van der Waals surface area contributed by atoms with Crippen molar-refractivity contribution in [1.29, 1.82) is 0 Å². The molecule has 0 spiro atoms. The Morgan fingerprint density at radius 3 is 2.12 bits per heavy atom. The molecule has 1 N–H and O–H groups in total. The SMILES string of the molecule is O=C(CC(=O)N1CCN(c2ccccc2)CC1)NCCc1ccccc1. The van der Waals surface area contributed by atoms with Crippen molar-refractivity contribution in [2.75, 3.05) is 37.6 Å². The summed E-state index contributed by atoms with van der Waals surface area (Å²) in [6.45, 7) is 3.46. The Hall–Kier alpha value is -2.82. The molecule has 136 valence electrons. The third-order valence-electron chi connectivity index (χ3n) is 4.64. The molecule has 5 heteroatoms. The van der Waals surface area contributed by atoms with Crippen molar-refractivity contribution in [3.63, 3.8) is 0 Å². The van der Waals surface area contributed by atoms with Gasteiger partial charge in [0.2, 0.25) is 11.8 Å². The molecule has 1 saturated heterocycles. The highest BCUT2D eigenvalue weighted by atomic mass is 16.2. The average molecular weight is 351 g/mol. The highest BCUT2D eigenvalue weighted by molar-refractivity contribution is 5.97. The molecule has 1 aliphatic rings. The zero-order chi connectivity index (χ0) is 18.2. The van der Waals surface area contributed by atoms with Gasteiger partial charge in [-0.3, -0.25) is 9.59 Å². The summed E-state index contributed by atoms with van der Waals surface area (Å²) >= 11 is 0. The van der Waals surface area contributed by atoms with E-state index in [1.54, 1.807) is 4.90 Å². The van der Waals surface area contributed by atoms with Crippen molar-refractivity contribution in [2.45, 2.75) is 12.8 Å². The van der Waals surface area contributed by atoms with E-state index in [2.05, 4.69) is 22.3 Å². The molecule has 2 amide bonds. The molecule has 5 nitrogen and oxygen atoms in total. The Labute approximate surface area is 154 Å². The molecule has 2 aromatic rings. The summed E-state index contributed by atoms with van der Waals surface area (Å²) in [6.07, 6.45) is 0.705. The first-order chi connectivity index (χ1) is 12.7. The van der Waals surface area contributed by atoms with Gasteiger partial charge in [0.25, 0.3) is 0 Å². The van der Waals surface area contributed by atoms with Gasteiger partial charge in [0.15, 0.2) is 0 Å². The van der Waals surface area contributed by atoms with Crippen LogP contribution in [-0.4, -0.2) is 49.4 Å². The maximum atomic E-state index is 12.3. The molecule has 1 aliphatic heterocycles. The molecular weight excluding hydrogens is 326 g/mol. The second-order valence-electron chi connectivity index (χ2n) is 6.47. The molecule has 3 rings (SSSR count). The molecule has 0 aromatic heterocycles. The first-order valence-electron chi connectivity index (χ1n) is 9.11. The molecule has 0 saturated carbocycles. The summed E-state index contributed by atoms with van der Waals surface area (Å²) in [4.78, 5) is 28.4. The zero-order valence-electron chi connectivity index (χ0n) is 14.9. The topological polar surface area (TPSA) is 52.7 Å². The summed E-state index contributed by atoms with van der Waals surface area (Å²) < 4.78 is 0. The fourth-order valence-corrected chi connectivity index (χ4v) is 3.16. The normalized spacial score (nSPS) is 14.2. The predicted molar refractivity (Wildman–Crippen MR) is 103 cm³/mol. The number of hydrogen-bond acceptors (Lipinski definition) is 3. The van der Waals surface area contributed by atoms with E-state index < -0.39 is 0 Å². The minimum atomic E-state index is -0.198. The van der Waals surface area contributed by atoms with E-state index in [1.807, 2.05) is 48.5 Å². The quantitative estimate of drug-likeness (QED) is 0.811. The summed E-state index contributed by atoms with van der Waals surface area (Å²) in [5.41, 5.74) is 2.36. The van der Waals surface area contributed by atoms with Gasteiger partial charge in [-0.2, -0.15) is 0 Å². The highest BCUT2D eigenvalue weighted by Gasteiger charge is 2.22. The summed E-state index contributed by atoms with van der Waals surface area (Å²) in [5, 5.41) is 2.84. The number of para-hydroxylation sites is 1. The van der Waals surface area contributed by atoms with Crippen LogP contribution in [0.15, 0.2) is 60.7 Å². The van der Waals surface area contributed by atoms with Gasteiger partial charge in [0.1, 0.15) is 6.42 Å². The van der Waals surface area contributed by atoms with Crippen LogP contribution in [0.2, 0.25) is 0 Å². The van der Waals surface area contributed by atoms with Crippen molar-refractivity contribution in [3.05, 3.63) is 66.2 Å². The van der Waals surface area contributed by atoms with Crippen LogP contribution < -0.4 is 10.2 Å². The molecule has 0 unspecified atom stereocenters. The number of nitrogens with one attached hydrogen (secondary N) is 1. The Balaban J connectivity index is 1.38. The maximum absolute atomic E-state index is 12.3. The number of piperazine rings is 1. The molecule has 1 fully saturated rings. The third-order valence-corrected chi connectivity index (χ3v) is 4.64. The molecule has 2 aromatic carbocycles. The Kier molecular flexibility index (Phi) is 6.25. The number of anilines is 1. The number of carbonyl (C=O) groups is 2. The van der Waals surface area contributed by atoms with Gasteiger partial charge in [-0.25, -0.2) is 0 Å². The molecule has 0 aliphatic carbocycles. The number of benzene rings is 2. The Bertz CT molecular complexity index is 711. The lowest BCUT2D eigenvalue weighted by Crippen LogP contribution is -2.49. The van der Waals surface area contributed by atoms with Crippen molar-refractivity contribution in [2.24, 2.45) is 0 Å². The fraction of sp³-hybridized carbons (Fsp3) is 0.333. The second kappa shape index (κ2) is 9.04. The van der Waals surface area contributed by atoms with Crippen LogP contribution in [0, 0.1) is 0 Å². The van der Waals surface area contributed by atoms with Gasteiger partial charge < -0.3 is 15.1 Å². The summed E-state index contributed by atoms with van der Waals surface area (Å²) in [5.74, 6) is -0.286. The van der Waals surface area contributed by atoms with E-state index in [0.29, 0.717) is 19.6 Å². The number of amides is 2. The summed E-state index contributed by atoms with van der Waals surface area (Å²) in [7, 11) is 0. The number of rotatable bonds is 6. The molecule has 26 heavy (non-hydrogen) atoms. The van der Waals surface area contributed by atoms with Gasteiger partial charge >= 0.3 is 0 Å². The lowest BCUT2D eigenvalue weighted by atomic mass is 10.1. The second-order valence-corrected chi connectivity index (χ2v) is 6.47.